The van der Waals surface area contributed by atoms with Crippen LogP contribution in [0.1, 0.15) is 48.9 Å². The van der Waals surface area contributed by atoms with Crippen LogP contribution < -0.4 is 5.69 Å². The second kappa shape index (κ2) is 6.06. The summed E-state index contributed by atoms with van der Waals surface area (Å²) in [7, 11) is 0. The minimum absolute atomic E-state index is 0.151. The Morgan fingerprint density at radius 1 is 1.15 bits per heavy atom. The lowest BCUT2D eigenvalue weighted by Gasteiger charge is -2.24. The lowest BCUT2D eigenvalue weighted by molar-refractivity contribution is 0.338. The summed E-state index contributed by atoms with van der Waals surface area (Å²) in [5.74, 6) is 0.820. The van der Waals surface area contributed by atoms with E-state index < -0.39 is 0 Å². The van der Waals surface area contributed by atoms with Gasteiger partial charge in [-0.05, 0) is 30.0 Å². The molecule has 108 valence electrons. The van der Waals surface area contributed by atoms with Gasteiger partial charge in [-0.15, -0.1) is 0 Å². The fourth-order valence-corrected chi connectivity index (χ4v) is 4.99. The Hall–Kier alpha value is -0.550. The first kappa shape index (κ1) is 14.4. The van der Waals surface area contributed by atoms with E-state index in [2.05, 4.69) is 47.9 Å². The van der Waals surface area contributed by atoms with Crippen LogP contribution in [0, 0.1) is 5.92 Å². The fraction of sp³-hybridized carbons (Fsp3) is 0.533. The summed E-state index contributed by atoms with van der Waals surface area (Å²) >= 11 is 7.46. The zero-order valence-electron chi connectivity index (χ0n) is 11.2. The van der Waals surface area contributed by atoms with Crippen LogP contribution in [0.2, 0.25) is 0 Å². The molecule has 1 aromatic heterocycles. The van der Waals surface area contributed by atoms with Gasteiger partial charge in [0.05, 0.1) is 11.0 Å². The van der Waals surface area contributed by atoms with Crippen LogP contribution in [-0.4, -0.2) is 9.97 Å². The number of hydrogen-bond acceptors (Lipinski definition) is 1. The molecule has 1 aromatic carbocycles. The van der Waals surface area contributed by atoms with Gasteiger partial charge in [-0.2, -0.15) is 0 Å². The highest BCUT2D eigenvalue weighted by molar-refractivity contribution is 9.11. The predicted octanol–water partition coefficient (Wildman–Crippen LogP) is 5.03. The number of aromatic nitrogens is 2. The molecule has 1 aliphatic rings. The molecule has 2 aromatic rings. The van der Waals surface area contributed by atoms with E-state index in [4.69, 9.17) is 0 Å². The number of fused-ring (bicyclic) bond motifs is 1. The lowest BCUT2D eigenvalue weighted by atomic mass is 9.85. The van der Waals surface area contributed by atoms with Crippen molar-refractivity contribution >= 4 is 42.9 Å². The first-order valence-corrected chi connectivity index (χ1v) is 8.90. The zero-order valence-corrected chi connectivity index (χ0v) is 14.4. The number of imidazole rings is 1. The Kier molecular flexibility index (Phi) is 4.36. The maximum Gasteiger partial charge on any atom is 0.323 e. The molecule has 1 fully saturated rings. The summed E-state index contributed by atoms with van der Waals surface area (Å²) in [6.07, 6.45) is 8.00. The minimum Gasteiger partial charge on any atom is -0.306 e. The van der Waals surface area contributed by atoms with Crippen LogP contribution >= 0.6 is 31.9 Å². The molecule has 1 aliphatic carbocycles. The van der Waals surface area contributed by atoms with Crippen LogP contribution in [0.4, 0.5) is 0 Å². The third-order valence-corrected chi connectivity index (χ3v) is 5.79. The maximum atomic E-state index is 11.4. The minimum atomic E-state index is -0.151. The highest BCUT2D eigenvalue weighted by atomic mass is 79.9. The fourth-order valence-electron chi connectivity index (χ4n) is 3.16. The SMILES string of the molecule is O=c1[nH]c2cc(Br)c(C(Br)CC3CCCCC3)cc2[nH]1. The Morgan fingerprint density at radius 2 is 1.80 bits per heavy atom. The van der Waals surface area contributed by atoms with Gasteiger partial charge >= 0.3 is 5.69 Å². The van der Waals surface area contributed by atoms with Crippen molar-refractivity contribution in [3.63, 3.8) is 0 Å². The van der Waals surface area contributed by atoms with Crippen molar-refractivity contribution < 1.29 is 0 Å². The molecule has 0 saturated heterocycles. The van der Waals surface area contributed by atoms with Crippen LogP contribution in [-0.2, 0) is 0 Å². The summed E-state index contributed by atoms with van der Waals surface area (Å²) < 4.78 is 1.05. The normalized spacial score (nSPS) is 18.5. The zero-order chi connectivity index (χ0) is 14.1. The maximum absolute atomic E-state index is 11.4. The van der Waals surface area contributed by atoms with Crippen molar-refractivity contribution in [2.24, 2.45) is 5.92 Å². The van der Waals surface area contributed by atoms with Gasteiger partial charge in [-0.3, -0.25) is 0 Å². The quantitative estimate of drug-likeness (QED) is 0.696. The molecule has 0 amide bonds. The Balaban J connectivity index is 1.84. The number of alkyl halides is 1. The smallest absolute Gasteiger partial charge is 0.306 e. The van der Waals surface area contributed by atoms with Gasteiger partial charge in [-0.25, -0.2) is 4.79 Å². The van der Waals surface area contributed by atoms with E-state index in [9.17, 15) is 4.79 Å². The Labute approximate surface area is 134 Å². The number of hydrogen-bond donors (Lipinski definition) is 2. The van der Waals surface area contributed by atoms with Gasteiger partial charge in [0.15, 0.2) is 0 Å². The van der Waals surface area contributed by atoms with Gasteiger partial charge in [0.2, 0.25) is 0 Å². The third-order valence-electron chi connectivity index (χ3n) is 4.24. The topological polar surface area (TPSA) is 48.6 Å². The lowest BCUT2D eigenvalue weighted by Crippen LogP contribution is -2.08. The van der Waals surface area contributed by atoms with Crippen LogP contribution in [0.25, 0.3) is 11.0 Å². The highest BCUT2D eigenvalue weighted by Gasteiger charge is 2.20. The van der Waals surface area contributed by atoms with Crippen molar-refractivity contribution in [3.05, 3.63) is 32.7 Å². The molecule has 20 heavy (non-hydrogen) atoms. The van der Waals surface area contributed by atoms with Gasteiger partial charge < -0.3 is 9.97 Å². The first-order valence-electron chi connectivity index (χ1n) is 7.19. The van der Waals surface area contributed by atoms with Crippen molar-refractivity contribution in [3.8, 4) is 0 Å². The molecular formula is C15H18Br2N2O. The molecule has 1 heterocycles. The van der Waals surface area contributed by atoms with Crippen LogP contribution in [0.3, 0.4) is 0 Å². The molecule has 0 spiro atoms. The second-order valence-corrected chi connectivity index (χ2v) is 7.67. The largest absolute Gasteiger partial charge is 0.323 e. The number of benzene rings is 1. The molecule has 0 bridgehead atoms. The number of H-pyrrole nitrogens is 2. The number of aromatic amines is 2. The summed E-state index contributed by atoms with van der Waals surface area (Å²) in [5, 5.41) is 0. The van der Waals surface area contributed by atoms with Crippen molar-refractivity contribution in [1.29, 1.82) is 0 Å². The number of nitrogens with one attached hydrogen (secondary N) is 2. The molecule has 1 atom stereocenters. The van der Waals surface area contributed by atoms with Gasteiger partial charge in [0.25, 0.3) is 0 Å². The van der Waals surface area contributed by atoms with Crippen LogP contribution in [0.5, 0.6) is 0 Å². The monoisotopic (exact) mass is 400 g/mol. The highest BCUT2D eigenvalue weighted by Crippen LogP contribution is 2.39. The average molecular weight is 402 g/mol. The molecule has 1 unspecified atom stereocenters. The molecule has 3 nitrogen and oxygen atoms in total. The van der Waals surface area contributed by atoms with E-state index in [1.54, 1.807) is 0 Å². The summed E-state index contributed by atoms with van der Waals surface area (Å²) in [6.45, 7) is 0. The molecule has 1 saturated carbocycles. The first-order chi connectivity index (χ1) is 9.63. The van der Waals surface area contributed by atoms with Gasteiger partial charge in [0.1, 0.15) is 0 Å². The van der Waals surface area contributed by atoms with E-state index in [1.165, 1.54) is 44.1 Å². The molecule has 0 aliphatic heterocycles. The van der Waals surface area contributed by atoms with Gasteiger partial charge in [-0.1, -0.05) is 64.0 Å². The molecule has 5 heteroatoms. The number of halogens is 2. The predicted molar refractivity (Wildman–Crippen MR) is 89.5 cm³/mol. The van der Waals surface area contributed by atoms with Crippen molar-refractivity contribution in [2.45, 2.75) is 43.4 Å². The van der Waals surface area contributed by atoms with Gasteiger partial charge in [0, 0.05) is 9.30 Å². The Bertz CT molecular complexity index is 655. The molecular weight excluding hydrogens is 384 g/mol. The average Bonchev–Trinajstić information content (AvgIpc) is 2.78. The second-order valence-electron chi connectivity index (χ2n) is 5.71. The molecule has 2 N–H and O–H groups in total. The number of rotatable bonds is 3. The molecule has 0 radical (unpaired) electrons. The molecule has 3 rings (SSSR count). The summed E-state index contributed by atoms with van der Waals surface area (Å²) in [4.78, 5) is 17.3. The van der Waals surface area contributed by atoms with E-state index >= 15 is 0 Å². The van der Waals surface area contributed by atoms with Crippen molar-refractivity contribution in [1.82, 2.24) is 9.97 Å². The van der Waals surface area contributed by atoms with E-state index in [1.807, 2.05) is 6.07 Å². The van der Waals surface area contributed by atoms with E-state index in [0.29, 0.717) is 4.83 Å². The summed E-state index contributed by atoms with van der Waals surface area (Å²) in [6, 6.07) is 4.05. The van der Waals surface area contributed by atoms with E-state index in [0.717, 1.165) is 21.4 Å². The van der Waals surface area contributed by atoms with Crippen LogP contribution in [0.15, 0.2) is 21.4 Å². The van der Waals surface area contributed by atoms with Crippen molar-refractivity contribution in [2.75, 3.05) is 0 Å². The third kappa shape index (κ3) is 3.03. The summed E-state index contributed by atoms with van der Waals surface area (Å²) in [5.41, 5.74) is 2.80. The van der Waals surface area contributed by atoms with E-state index in [-0.39, 0.29) is 5.69 Å². The Morgan fingerprint density at radius 3 is 2.50 bits per heavy atom. The standard InChI is InChI=1S/C15H18Br2N2O/c16-11(6-9-4-2-1-3-5-9)10-7-13-14(8-12(10)17)19-15(20)18-13/h7-9,11H,1-6H2,(H2,18,19,20).